The predicted octanol–water partition coefficient (Wildman–Crippen LogP) is 2.29. The van der Waals surface area contributed by atoms with Crippen molar-refractivity contribution in [2.45, 2.75) is 37.1 Å². The zero-order valence-electron chi connectivity index (χ0n) is 18.2. The van der Waals surface area contributed by atoms with Crippen LogP contribution in [-0.2, 0) is 26.2 Å². The number of sulfonamides is 1. The minimum absolute atomic E-state index is 0.0479. The topological polar surface area (TPSA) is 99.2 Å². The van der Waals surface area contributed by atoms with Crippen molar-refractivity contribution in [1.82, 2.24) is 10.2 Å². The van der Waals surface area contributed by atoms with Crippen LogP contribution < -0.4 is 10.2 Å². The Morgan fingerprint density at radius 1 is 1.06 bits per heavy atom. The van der Waals surface area contributed by atoms with E-state index in [9.17, 15) is 18.0 Å². The lowest BCUT2D eigenvalue weighted by Gasteiger charge is -2.33. The summed E-state index contributed by atoms with van der Waals surface area (Å²) in [4.78, 5) is 28.7. The first kappa shape index (κ1) is 21.6. The number of carbonyl (C=O) groups is 2. The van der Waals surface area contributed by atoms with Crippen LogP contribution in [-0.4, -0.2) is 50.6 Å². The van der Waals surface area contributed by atoms with Crippen LogP contribution >= 0.6 is 0 Å². The lowest BCUT2D eigenvalue weighted by atomic mass is 9.96. The van der Waals surface area contributed by atoms with Crippen LogP contribution in [0.4, 0.5) is 5.69 Å². The smallest absolute Gasteiger partial charge is 0.285 e. The van der Waals surface area contributed by atoms with E-state index in [1.54, 1.807) is 29.2 Å². The van der Waals surface area contributed by atoms with Gasteiger partial charge in [-0.3, -0.25) is 9.59 Å². The van der Waals surface area contributed by atoms with E-state index in [0.29, 0.717) is 37.5 Å². The zero-order valence-corrected chi connectivity index (χ0v) is 19.1. The summed E-state index contributed by atoms with van der Waals surface area (Å²) in [6.45, 7) is 2.26. The molecule has 3 aliphatic rings. The van der Waals surface area contributed by atoms with Crippen molar-refractivity contribution >= 4 is 33.4 Å². The molecular formula is C24H26N4O4S. The minimum atomic E-state index is -3.68. The van der Waals surface area contributed by atoms with Gasteiger partial charge in [0.15, 0.2) is 5.84 Å². The standard InChI is InChI=1S/C24H26N4O4S/c29-22-8-4-14-28(22)19-11-9-17(10-12-19)15-25-24(30)18-5-3-13-27(16-18)23-20-6-1-2-7-21(20)33(31,32)26-23/h1-2,6-7,9-12,18H,3-5,8,13-16H2,(H,25,30). The maximum Gasteiger partial charge on any atom is 0.285 e. The van der Waals surface area contributed by atoms with Gasteiger partial charge in [0.2, 0.25) is 11.8 Å². The summed E-state index contributed by atoms with van der Waals surface area (Å²) in [6.07, 6.45) is 3.02. The second-order valence-electron chi connectivity index (χ2n) is 8.70. The van der Waals surface area contributed by atoms with Crippen molar-refractivity contribution in [2.75, 3.05) is 24.5 Å². The number of carbonyl (C=O) groups excluding carboxylic acids is 2. The van der Waals surface area contributed by atoms with Crippen LogP contribution in [0.3, 0.4) is 0 Å². The first-order chi connectivity index (χ1) is 15.9. The highest BCUT2D eigenvalue weighted by molar-refractivity contribution is 7.90. The van der Waals surface area contributed by atoms with E-state index in [1.807, 2.05) is 29.2 Å². The van der Waals surface area contributed by atoms with Gasteiger partial charge in [-0.15, -0.1) is 4.40 Å². The van der Waals surface area contributed by atoms with E-state index in [0.717, 1.165) is 37.1 Å². The molecule has 0 aromatic heterocycles. The molecule has 0 saturated carbocycles. The van der Waals surface area contributed by atoms with E-state index in [4.69, 9.17) is 0 Å². The Hall–Kier alpha value is -3.20. The summed E-state index contributed by atoms with van der Waals surface area (Å²) in [5.41, 5.74) is 2.46. The largest absolute Gasteiger partial charge is 0.355 e. The van der Waals surface area contributed by atoms with Gasteiger partial charge in [0.1, 0.15) is 4.90 Å². The second kappa shape index (κ2) is 8.62. The number of piperidine rings is 1. The van der Waals surface area contributed by atoms with Crippen molar-refractivity contribution in [3.63, 3.8) is 0 Å². The highest BCUT2D eigenvalue weighted by Crippen LogP contribution is 2.30. The number of amidine groups is 1. The Morgan fingerprint density at radius 3 is 2.61 bits per heavy atom. The summed E-state index contributed by atoms with van der Waals surface area (Å²) in [5, 5.41) is 3.01. The molecule has 2 fully saturated rings. The van der Waals surface area contributed by atoms with Crippen LogP contribution in [0.5, 0.6) is 0 Å². The molecule has 9 heteroatoms. The van der Waals surface area contributed by atoms with E-state index in [2.05, 4.69) is 9.71 Å². The maximum absolute atomic E-state index is 12.9. The summed E-state index contributed by atoms with van der Waals surface area (Å²) in [5.74, 6) is 0.307. The van der Waals surface area contributed by atoms with Crippen LogP contribution in [0.1, 0.15) is 36.8 Å². The van der Waals surface area contributed by atoms with Crippen molar-refractivity contribution in [1.29, 1.82) is 0 Å². The molecule has 1 N–H and O–H groups in total. The number of benzene rings is 2. The van der Waals surface area contributed by atoms with Crippen LogP contribution in [0.15, 0.2) is 57.8 Å². The Bertz CT molecular complexity index is 1220. The molecule has 5 rings (SSSR count). The van der Waals surface area contributed by atoms with Crippen LogP contribution in [0, 0.1) is 5.92 Å². The fraction of sp³-hybridized carbons (Fsp3) is 0.375. The molecule has 0 bridgehead atoms. The quantitative estimate of drug-likeness (QED) is 0.745. The Morgan fingerprint density at radius 2 is 1.85 bits per heavy atom. The molecule has 0 spiro atoms. The fourth-order valence-corrected chi connectivity index (χ4v) is 5.98. The average Bonchev–Trinajstić information content (AvgIpc) is 3.38. The van der Waals surface area contributed by atoms with Crippen molar-refractivity contribution in [3.8, 4) is 0 Å². The summed E-state index contributed by atoms with van der Waals surface area (Å²) in [6, 6.07) is 14.5. The molecule has 1 unspecified atom stereocenters. The number of hydrogen-bond acceptors (Lipinski definition) is 5. The highest BCUT2D eigenvalue weighted by Gasteiger charge is 2.35. The third kappa shape index (κ3) is 4.25. The van der Waals surface area contributed by atoms with E-state index in [1.165, 1.54) is 0 Å². The number of likely N-dealkylation sites (tertiary alicyclic amines) is 1. The van der Waals surface area contributed by atoms with Gasteiger partial charge in [-0.2, -0.15) is 8.42 Å². The summed E-state index contributed by atoms with van der Waals surface area (Å²) >= 11 is 0. The van der Waals surface area contributed by atoms with E-state index in [-0.39, 0.29) is 22.6 Å². The second-order valence-corrected chi connectivity index (χ2v) is 10.3. The normalized spacial score (nSPS) is 21.6. The Balaban J connectivity index is 1.21. The molecule has 0 radical (unpaired) electrons. The lowest BCUT2D eigenvalue weighted by molar-refractivity contribution is -0.126. The van der Waals surface area contributed by atoms with Crippen LogP contribution in [0.25, 0.3) is 0 Å². The van der Waals surface area contributed by atoms with Gasteiger partial charge in [-0.1, -0.05) is 24.3 Å². The molecule has 33 heavy (non-hydrogen) atoms. The van der Waals surface area contributed by atoms with Gasteiger partial charge < -0.3 is 15.1 Å². The molecule has 3 heterocycles. The molecule has 2 aromatic rings. The summed E-state index contributed by atoms with van der Waals surface area (Å²) < 4.78 is 28.8. The minimum Gasteiger partial charge on any atom is -0.355 e. The maximum atomic E-state index is 12.9. The number of hydrogen-bond donors (Lipinski definition) is 1. The highest BCUT2D eigenvalue weighted by atomic mass is 32.2. The van der Waals surface area contributed by atoms with Gasteiger partial charge in [0.25, 0.3) is 10.0 Å². The van der Waals surface area contributed by atoms with Crippen molar-refractivity contribution < 1.29 is 18.0 Å². The molecule has 1 atom stereocenters. The van der Waals surface area contributed by atoms with Gasteiger partial charge in [-0.05, 0) is 49.1 Å². The summed E-state index contributed by atoms with van der Waals surface area (Å²) in [7, 11) is -3.68. The molecule has 2 saturated heterocycles. The number of nitrogens with one attached hydrogen (secondary N) is 1. The van der Waals surface area contributed by atoms with Gasteiger partial charge in [0, 0.05) is 43.9 Å². The fourth-order valence-electron chi connectivity index (χ4n) is 4.75. The van der Waals surface area contributed by atoms with Gasteiger partial charge >= 0.3 is 0 Å². The first-order valence-electron chi connectivity index (χ1n) is 11.3. The molecule has 8 nitrogen and oxygen atoms in total. The molecule has 2 aromatic carbocycles. The predicted molar refractivity (Wildman–Crippen MR) is 124 cm³/mol. The number of rotatable bonds is 4. The monoisotopic (exact) mass is 466 g/mol. The number of amides is 2. The van der Waals surface area contributed by atoms with Gasteiger partial charge in [-0.25, -0.2) is 0 Å². The van der Waals surface area contributed by atoms with E-state index >= 15 is 0 Å². The Labute approximate surface area is 193 Å². The first-order valence-corrected chi connectivity index (χ1v) is 12.7. The number of fused-ring (bicyclic) bond motifs is 1. The van der Waals surface area contributed by atoms with Crippen molar-refractivity contribution in [3.05, 3.63) is 59.7 Å². The Kier molecular flexibility index (Phi) is 5.65. The lowest BCUT2D eigenvalue weighted by Crippen LogP contribution is -2.45. The van der Waals surface area contributed by atoms with E-state index < -0.39 is 10.0 Å². The third-order valence-corrected chi connectivity index (χ3v) is 7.82. The molecule has 0 aliphatic carbocycles. The number of anilines is 1. The third-order valence-electron chi connectivity index (χ3n) is 6.49. The van der Waals surface area contributed by atoms with Crippen LogP contribution in [0.2, 0.25) is 0 Å². The molecular weight excluding hydrogens is 440 g/mol. The molecule has 172 valence electrons. The van der Waals surface area contributed by atoms with Crippen molar-refractivity contribution in [2.24, 2.45) is 10.3 Å². The molecule has 3 aliphatic heterocycles. The zero-order chi connectivity index (χ0) is 23.0. The average molecular weight is 467 g/mol. The van der Waals surface area contributed by atoms with Gasteiger partial charge in [0.05, 0.1) is 5.92 Å². The molecule has 2 amide bonds. The number of nitrogens with zero attached hydrogens (tertiary/aromatic N) is 3. The SMILES string of the molecule is O=C(NCc1ccc(N2CCCC2=O)cc1)C1CCCN(C2=NS(=O)(=O)c3ccccc32)C1.